The number of hydrogen-bond acceptors (Lipinski definition) is 3. The van der Waals surface area contributed by atoms with Crippen LogP contribution in [0.5, 0.6) is 0 Å². The molecular weight excluding hydrogens is 170 g/mol. The van der Waals surface area contributed by atoms with Crippen molar-refractivity contribution in [3.8, 4) is 0 Å². The summed E-state index contributed by atoms with van der Waals surface area (Å²) in [6.07, 6.45) is 0.00243. The zero-order valence-electron chi connectivity index (χ0n) is 6.46. The number of nitrogens with zero attached hydrogens (tertiary/aromatic N) is 1. The van der Waals surface area contributed by atoms with Crippen LogP contribution in [0.25, 0.3) is 0 Å². The zero-order chi connectivity index (χ0) is 8.85. The average Bonchev–Trinajstić information content (AvgIpc) is 1.98. The summed E-state index contributed by atoms with van der Waals surface area (Å²) in [6, 6.07) is 0. The highest BCUT2D eigenvalue weighted by atomic mass is 35.5. The molecule has 5 heteroatoms. The molecular formula is C6H10ClNO3. The number of carbonyl (C=O) groups excluding carboxylic acids is 2. The van der Waals surface area contributed by atoms with Gasteiger partial charge in [0.2, 0.25) is 0 Å². The Balaban J connectivity index is 3.74. The lowest BCUT2D eigenvalue weighted by Crippen LogP contribution is -2.29. The minimum Gasteiger partial charge on any atom is -0.449 e. The van der Waals surface area contributed by atoms with E-state index in [9.17, 15) is 9.59 Å². The number of amides is 2. The van der Waals surface area contributed by atoms with Gasteiger partial charge in [0.25, 0.3) is 0 Å². The van der Waals surface area contributed by atoms with Crippen molar-refractivity contribution in [1.29, 1.82) is 0 Å². The van der Waals surface area contributed by atoms with E-state index in [0.717, 1.165) is 6.42 Å². The van der Waals surface area contributed by atoms with Crippen molar-refractivity contribution in [1.82, 2.24) is 4.90 Å². The number of imide groups is 1. The van der Waals surface area contributed by atoms with Crippen molar-refractivity contribution in [3.63, 3.8) is 0 Å². The van der Waals surface area contributed by atoms with E-state index in [-0.39, 0.29) is 0 Å². The molecule has 0 radical (unpaired) electrons. The first kappa shape index (κ1) is 10.2. The van der Waals surface area contributed by atoms with Crippen LogP contribution in [0.4, 0.5) is 9.59 Å². The van der Waals surface area contributed by atoms with Gasteiger partial charge >= 0.3 is 11.5 Å². The molecule has 0 N–H and O–H groups in total. The minimum absolute atomic E-state index is 0.299. The van der Waals surface area contributed by atoms with Crippen LogP contribution in [-0.2, 0) is 4.74 Å². The van der Waals surface area contributed by atoms with Crippen molar-refractivity contribution in [2.45, 2.75) is 13.3 Å². The molecule has 0 atom stereocenters. The van der Waals surface area contributed by atoms with Gasteiger partial charge in [-0.3, -0.25) is 4.79 Å². The third-order valence-electron chi connectivity index (χ3n) is 0.967. The van der Waals surface area contributed by atoms with Gasteiger partial charge in [-0.05, 0) is 18.0 Å². The summed E-state index contributed by atoms with van der Waals surface area (Å²) in [5, 5.41) is -0.842. The quantitative estimate of drug-likeness (QED) is 0.480. The average molecular weight is 180 g/mol. The maximum absolute atomic E-state index is 10.7. The summed E-state index contributed by atoms with van der Waals surface area (Å²) in [5.74, 6) is 0. The van der Waals surface area contributed by atoms with Crippen LogP contribution in [0, 0.1) is 0 Å². The van der Waals surface area contributed by atoms with E-state index >= 15 is 0 Å². The molecule has 0 saturated heterocycles. The first-order valence-electron chi connectivity index (χ1n) is 3.19. The van der Waals surface area contributed by atoms with Crippen LogP contribution in [0.15, 0.2) is 0 Å². The fourth-order valence-electron chi connectivity index (χ4n) is 0.358. The third kappa shape index (κ3) is 3.83. The fourth-order valence-corrected chi connectivity index (χ4v) is 0.427. The lowest BCUT2D eigenvalue weighted by atomic mass is 10.5. The first-order chi connectivity index (χ1) is 5.09. The van der Waals surface area contributed by atoms with Crippen molar-refractivity contribution in [2.24, 2.45) is 0 Å². The summed E-state index contributed by atoms with van der Waals surface area (Å²) < 4.78 is 4.60. The maximum Gasteiger partial charge on any atom is 0.417 e. The molecule has 0 rings (SSSR count). The second-order valence-electron chi connectivity index (χ2n) is 1.93. The summed E-state index contributed by atoms with van der Waals surface area (Å²) in [5.41, 5.74) is 0. The van der Waals surface area contributed by atoms with Gasteiger partial charge in [0.1, 0.15) is 0 Å². The standard InChI is InChI=1S/C6H10ClNO3/c1-3-4-11-6(10)8(2)5(7)9/h3-4H2,1-2H3. The predicted octanol–water partition coefficient (Wildman–Crippen LogP) is 1.82. The molecule has 64 valence electrons. The molecule has 0 fully saturated rings. The number of carbonyl (C=O) groups is 2. The molecule has 4 nitrogen and oxygen atoms in total. The van der Waals surface area contributed by atoms with Crippen LogP contribution in [0.1, 0.15) is 13.3 Å². The molecule has 0 aromatic heterocycles. The molecule has 0 aliphatic rings. The Morgan fingerprint density at radius 3 is 2.45 bits per heavy atom. The fraction of sp³-hybridized carbons (Fsp3) is 0.667. The summed E-state index contributed by atoms with van der Waals surface area (Å²) in [4.78, 5) is 21.8. The Labute approximate surface area is 70.1 Å². The van der Waals surface area contributed by atoms with Gasteiger partial charge in [-0.1, -0.05) is 6.92 Å². The van der Waals surface area contributed by atoms with Crippen molar-refractivity contribution in [2.75, 3.05) is 13.7 Å². The SMILES string of the molecule is CCCOC(=O)N(C)C(=O)Cl. The van der Waals surface area contributed by atoms with Crippen molar-refractivity contribution < 1.29 is 14.3 Å². The van der Waals surface area contributed by atoms with Crippen LogP contribution in [0.2, 0.25) is 0 Å². The molecule has 0 aliphatic carbocycles. The van der Waals surface area contributed by atoms with Crippen molar-refractivity contribution in [3.05, 3.63) is 0 Å². The molecule has 0 aliphatic heterocycles. The van der Waals surface area contributed by atoms with E-state index in [0.29, 0.717) is 11.5 Å². The smallest absolute Gasteiger partial charge is 0.417 e. The molecule has 0 unspecified atom stereocenters. The Morgan fingerprint density at radius 1 is 1.55 bits per heavy atom. The second-order valence-corrected chi connectivity index (χ2v) is 2.25. The molecule has 0 aromatic carbocycles. The molecule has 0 bridgehead atoms. The highest BCUT2D eigenvalue weighted by Gasteiger charge is 2.14. The van der Waals surface area contributed by atoms with E-state index in [4.69, 9.17) is 11.6 Å². The molecule has 0 spiro atoms. The Morgan fingerprint density at radius 2 is 2.09 bits per heavy atom. The van der Waals surface area contributed by atoms with E-state index in [1.807, 2.05) is 6.92 Å². The van der Waals surface area contributed by atoms with Crippen LogP contribution < -0.4 is 0 Å². The molecule has 2 amide bonds. The molecule has 0 aromatic rings. The van der Waals surface area contributed by atoms with Gasteiger partial charge in [0.15, 0.2) is 0 Å². The number of rotatable bonds is 2. The zero-order valence-corrected chi connectivity index (χ0v) is 7.22. The highest BCUT2D eigenvalue weighted by Crippen LogP contribution is 1.96. The van der Waals surface area contributed by atoms with Crippen LogP contribution >= 0.6 is 11.6 Å². The molecule has 0 heterocycles. The third-order valence-corrected chi connectivity index (χ3v) is 1.22. The largest absolute Gasteiger partial charge is 0.449 e. The Kier molecular flexibility index (Phi) is 4.61. The number of hydrogen-bond donors (Lipinski definition) is 0. The van der Waals surface area contributed by atoms with Gasteiger partial charge in [0, 0.05) is 7.05 Å². The lowest BCUT2D eigenvalue weighted by molar-refractivity contribution is 0.121. The van der Waals surface area contributed by atoms with Crippen LogP contribution in [0.3, 0.4) is 0 Å². The highest BCUT2D eigenvalue weighted by molar-refractivity contribution is 6.63. The van der Waals surface area contributed by atoms with Crippen molar-refractivity contribution >= 4 is 23.1 Å². The second kappa shape index (κ2) is 4.96. The lowest BCUT2D eigenvalue weighted by Gasteiger charge is -2.10. The maximum atomic E-state index is 10.7. The van der Waals surface area contributed by atoms with Gasteiger partial charge < -0.3 is 4.74 Å². The van der Waals surface area contributed by atoms with Gasteiger partial charge in [-0.15, -0.1) is 0 Å². The number of halogens is 1. The van der Waals surface area contributed by atoms with E-state index in [2.05, 4.69) is 4.74 Å². The van der Waals surface area contributed by atoms with Gasteiger partial charge in [-0.2, -0.15) is 0 Å². The Hall–Kier alpha value is -0.770. The topological polar surface area (TPSA) is 46.6 Å². The van der Waals surface area contributed by atoms with Gasteiger partial charge in [-0.25, -0.2) is 9.69 Å². The molecule has 11 heavy (non-hydrogen) atoms. The van der Waals surface area contributed by atoms with E-state index in [1.54, 1.807) is 0 Å². The normalized spacial score (nSPS) is 9.00. The molecule has 0 saturated carbocycles. The minimum atomic E-state index is -0.842. The Bertz CT molecular complexity index is 160. The van der Waals surface area contributed by atoms with E-state index in [1.165, 1.54) is 7.05 Å². The summed E-state index contributed by atoms with van der Waals surface area (Å²) in [6.45, 7) is 2.16. The van der Waals surface area contributed by atoms with E-state index < -0.39 is 11.5 Å². The predicted molar refractivity (Wildman–Crippen MR) is 40.7 cm³/mol. The number of ether oxygens (including phenoxy) is 1. The van der Waals surface area contributed by atoms with Gasteiger partial charge in [0.05, 0.1) is 6.61 Å². The van der Waals surface area contributed by atoms with Crippen LogP contribution in [-0.4, -0.2) is 30.0 Å². The first-order valence-corrected chi connectivity index (χ1v) is 3.57. The monoisotopic (exact) mass is 179 g/mol. The summed E-state index contributed by atoms with van der Waals surface area (Å²) in [7, 11) is 1.26. The summed E-state index contributed by atoms with van der Waals surface area (Å²) >= 11 is 4.99.